The Labute approximate surface area is 489 Å². The number of rotatable bonds is 60. The van der Waals surface area contributed by atoms with E-state index in [1.165, 1.54) is 161 Å². The third-order valence-electron chi connectivity index (χ3n) is 14.3. The zero-order chi connectivity index (χ0) is 57.1. The standard InChI is InChI=1S/C73H124O6/c1-4-7-10-13-16-19-22-25-28-31-33-35-36-38-39-42-45-48-51-54-57-60-63-66-72(75)78-69-70(68-77-71(74)65-62-59-56-53-50-47-44-41-30-27-24-21-18-15-12-9-6-3)79-73(76)67-64-61-58-55-52-49-46-43-40-37-34-32-29-26-23-20-17-14-11-8-5-2/h8,11,17,20,22,25-26,29,31,33-34,36-38,43,46,52,55,70H,4-7,9-10,12-16,18-19,21,23-24,27-28,30,32,35,39-42,44-45,47-51,53-54,56-69H2,1-3H3/b11-8-,20-17-,25-22-,29-26-,33-31-,37-34-,38-36-,46-43-,55-52-. The Morgan fingerprint density at radius 2 is 0.494 bits per heavy atom. The Morgan fingerprint density at radius 1 is 0.266 bits per heavy atom. The maximum Gasteiger partial charge on any atom is 0.306 e. The predicted molar refractivity (Wildman–Crippen MR) is 343 cm³/mol. The maximum absolute atomic E-state index is 12.9. The summed E-state index contributed by atoms with van der Waals surface area (Å²) >= 11 is 0. The van der Waals surface area contributed by atoms with E-state index in [9.17, 15) is 14.4 Å². The van der Waals surface area contributed by atoms with Crippen molar-refractivity contribution in [3.8, 4) is 0 Å². The quantitative estimate of drug-likeness (QED) is 0.0261. The first kappa shape index (κ1) is 75.1. The van der Waals surface area contributed by atoms with Crippen molar-refractivity contribution in [3.05, 3.63) is 109 Å². The highest BCUT2D eigenvalue weighted by molar-refractivity contribution is 5.71. The number of hydrogen-bond donors (Lipinski definition) is 0. The van der Waals surface area contributed by atoms with Crippen molar-refractivity contribution in [2.45, 2.75) is 322 Å². The molecule has 0 spiro atoms. The fourth-order valence-electron chi connectivity index (χ4n) is 9.28. The Balaban J connectivity index is 4.46. The number of carbonyl (C=O) groups excluding carboxylic acids is 3. The van der Waals surface area contributed by atoms with Crippen LogP contribution in [0.1, 0.15) is 316 Å². The smallest absolute Gasteiger partial charge is 0.306 e. The van der Waals surface area contributed by atoms with Gasteiger partial charge in [0.1, 0.15) is 13.2 Å². The van der Waals surface area contributed by atoms with Gasteiger partial charge in [-0.3, -0.25) is 14.4 Å². The molecule has 0 bridgehead atoms. The van der Waals surface area contributed by atoms with E-state index < -0.39 is 6.10 Å². The molecule has 0 saturated carbocycles. The van der Waals surface area contributed by atoms with Gasteiger partial charge < -0.3 is 14.2 Å². The van der Waals surface area contributed by atoms with Gasteiger partial charge >= 0.3 is 17.9 Å². The van der Waals surface area contributed by atoms with Crippen LogP contribution in [-0.4, -0.2) is 37.2 Å². The molecule has 0 aliphatic heterocycles. The molecule has 0 rings (SSSR count). The Hall–Kier alpha value is -3.93. The minimum Gasteiger partial charge on any atom is -0.462 e. The number of ether oxygens (including phenoxy) is 3. The number of hydrogen-bond acceptors (Lipinski definition) is 6. The van der Waals surface area contributed by atoms with Crippen LogP contribution in [0.3, 0.4) is 0 Å². The summed E-state index contributed by atoms with van der Waals surface area (Å²) < 4.78 is 16.9. The summed E-state index contributed by atoms with van der Waals surface area (Å²) in [4.78, 5) is 38.4. The van der Waals surface area contributed by atoms with E-state index in [-0.39, 0.29) is 37.5 Å². The first-order chi connectivity index (χ1) is 39.0. The third-order valence-corrected chi connectivity index (χ3v) is 14.3. The van der Waals surface area contributed by atoms with E-state index in [4.69, 9.17) is 14.2 Å². The van der Waals surface area contributed by atoms with Gasteiger partial charge in [0.2, 0.25) is 0 Å². The third kappa shape index (κ3) is 64.8. The lowest BCUT2D eigenvalue weighted by molar-refractivity contribution is -0.167. The van der Waals surface area contributed by atoms with Crippen molar-refractivity contribution >= 4 is 17.9 Å². The Morgan fingerprint density at radius 3 is 0.797 bits per heavy atom. The second-order valence-electron chi connectivity index (χ2n) is 22.0. The van der Waals surface area contributed by atoms with Crippen molar-refractivity contribution in [2.75, 3.05) is 13.2 Å². The number of carbonyl (C=O) groups is 3. The summed E-state index contributed by atoms with van der Waals surface area (Å²) in [7, 11) is 0. The first-order valence-corrected chi connectivity index (χ1v) is 33.4. The largest absolute Gasteiger partial charge is 0.462 e. The molecule has 79 heavy (non-hydrogen) atoms. The van der Waals surface area contributed by atoms with E-state index in [1.54, 1.807) is 0 Å². The van der Waals surface area contributed by atoms with Gasteiger partial charge in [-0.2, -0.15) is 0 Å². The van der Waals surface area contributed by atoms with E-state index >= 15 is 0 Å². The highest BCUT2D eigenvalue weighted by Crippen LogP contribution is 2.16. The van der Waals surface area contributed by atoms with Crippen LogP contribution in [0.5, 0.6) is 0 Å². The molecule has 6 nitrogen and oxygen atoms in total. The van der Waals surface area contributed by atoms with E-state index in [0.29, 0.717) is 19.3 Å². The fraction of sp³-hybridized carbons (Fsp3) is 0.712. The van der Waals surface area contributed by atoms with E-state index in [1.807, 2.05) is 0 Å². The van der Waals surface area contributed by atoms with Crippen LogP contribution in [0.2, 0.25) is 0 Å². The van der Waals surface area contributed by atoms with Crippen LogP contribution in [0.4, 0.5) is 0 Å². The van der Waals surface area contributed by atoms with Crippen molar-refractivity contribution in [3.63, 3.8) is 0 Å². The summed E-state index contributed by atoms with van der Waals surface area (Å²) in [6.45, 7) is 6.51. The molecule has 1 unspecified atom stereocenters. The maximum atomic E-state index is 12.9. The molecule has 0 aromatic carbocycles. The SMILES string of the molecule is CC/C=C\C/C=C\C/C=C\C/C=C\C/C=C\C/C=C\CCCCC(=O)OC(COC(=O)CCCCCCCCCC/C=C\C/C=C\C/C=C\CCCCCCC)COC(=O)CCCCCCCCCCCCCCCCCCC. The molecule has 0 aromatic heterocycles. The molecule has 1 atom stereocenters. The van der Waals surface area contributed by atoms with Gasteiger partial charge in [0, 0.05) is 19.3 Å². The molecule has 0 N–H and O–H groups in total. The number of esters is 3. The zero-order valence-corrected chi connectivity index (χ0v) is 51.9. The van der Waals surface area contributed by atoms with Crippen molar-refractivity contribution in [1.29, 1.82) is 0 Å². The lowest BCUT2D eigenvalue weighted by Gasteiger charge is -2.18. The average molecular weight is 1100 g/mol. The Kier molecular flexibility index (Phi) is 63.3. The van der Waals surface area contributed by atoms with Gasteiger partial charge in [0.05, 0.1) is 0 Å². The molecule has 0 radical (unpaired) electrons. The summed E-state index contributed by atoms with van der Waals surface area (Å²) in [6.07, 6.45) is 90.9. The molecule has 0 fully saturated rings. The molecule has 0 aliphatic carbocycles. The summed E-state index contributed by atoms with van der Waals surface area (Å²) in [6, 6.07) is 0. The fourth-order valence-corrected chi connectivity index (χ4v) is 9.28. The van der Waals surface area contributed by atoms with Crippen LogP contribution in [0.25, 0.3) is 0 Å². The van der Waals surface area contributed by atoms with Gasteiger partial charge in [0.25, 0.3) is 0 Å². The highest BCUT2D eigenvalue weighted by atomic mass is 16.6. The summed E-state index contributed by atoms with van der Waals surface area (Å²) in [5.41, 5.74) is 0. The number of allylic oxidation sites excluding steroid dienone is 18. The van der Waals surface area contributed by atoms with Crippen molar-refractivity contribution < 1.29 is 28.6 Å². The van der Waals surface area contributed by atoms with Crippen LogP contribution in [0.15, 0.2) is 109 Å². The lowest BCUT2D eigenvalue weighted by atomic mass is 10.0. The minimum absolute atomic E-state index is 0.0968. The molecule has 452 valence electrons. The monoisotopic (exact) mass is 1100 g/mol. The van der Waals surface area contributed by atoms with Crippen LogP contribution in [-0.2, 0) is 28.6 Å². The molecule has 0 saturated heterocycles. The summed E-state index contributed by atoms with van der Waals surface area (Å²) in [5, 5.41) is 0. The first-order valence-electron chi connectivity index (χ1n) is 33.4. The topological polar surface area (TPSA) is 78.9 Å². The molecule has 6 heteroatoms. The Bertz CT molecular complexity index is 1590. The summed E-state index contributed by atoms with van der Waals surface area (Å²) in [5.74, 6) is -0.937. The van der Waals surface area contributed by atoms with E-state index in [0.717, 1.165) is 109 Å². The molecular weight excluding hydrogens is 973 g/mol. The van der Waals surface area contributed by atoms with Crippen LogP contribution >= 0.6 is 0 Å². The molecule has 0 aromatic rings. The van der Waals surface area contributed by atoms with Gasteiger partial charge in [-0.1, -0.05) is 297 Å². The van der Waals surface area contributed by atoms with Crippen molar-refractivity contribution in [2.24, 2.45) is 0 Å². The van der Waals surface area contributed by atoms with Gasteiger partial charge in [0.15, 0.2) is 6.10 Å². The number of unbranched alkanes of at least 4 members (excludes halogenated alkanes) is 31. The predicted octanol–water partition coefficient (Wildman–Crippen LogP) is 23.0. The molecule has 0 amide bonds. The van der Waals surface area contributed by atoms with Gasteiger partial charge in [-0.05, 0) is 109 Å². The normalized spacial score (nSPS) is 12.8. The van der Waals surface area contributed by atoms with Gasteiger partial charge in [-0.15, -0.1) is 0 Å². The molecule has 0 heterocycles. The second-order valence-corrected chi connectivity index (χ2v) is 22.0. The zero-order valence-electron chi connectivity index (χ0n) is 51.9. The van der Waals surface area contributed by atoms with Crippen LogP contribution in [0, 0.1) is 0 Å². The molecule has 0 aliphatic rings. The average Bonchev–Trinajstić information content (AvgIpc) is 3.45. The highest BCUT2D eigenvalue weighted by Gasteiger charge is 2.19. The van der Waals surface area contributed by atoms with E-state index in [2.05, 4.69) is 130 Å². The second kappa shape index (κ2) is 66.6. The van der Waals surface area contributed by atoms with Crippen LogP contribution < -0.4 is 0 Å². The molecular formula is C73H124O6. The minimum atomic E-state index is -0.807. The van der Waals surface area contributed by atoms with Gasteiger partial charge in [-0.25, -0.2) is 0 Å². The van der Waals surface area contributed by atoms with Crippen molar-refractivity contribution in [1.82, 2.24) is 0 Å². The lowest BCUT2D eigenvalue weighted by Crippen LogP contribution is -2.30.